The number of benzene rings is 1. The second kappa shape index (κ2) is 7.17. The van der Waals surface area contributed by atoms with Crippen molar-refractivity contribution in [2.45, 2.75) is 25.0 Å². The molecule has 1 aromatic carbocycles. The first-order valence-corrected chi connectivity index (χ1v) is 12.1. The first kappa shape index (κ1) is 19.7. The Hall–Kier alpha value is -2.24. The lowest BCUT2D eigenvalue weighted by molar-refractivity contribution is 0.382. The molecule has 0 radical (unpaired) electrons. The van der Waals surface area contributed by atoms with E-state index in [-0.39, 0.29) is 10.8 Å². The van der Waals surface area contributed by atoms with Gasteiger partial charge in [0.15, 0.2) is 5.65 Å². The first-order chi connectivity index (χ1) is 14.3. The standard InChI is InChI=1S/C19H21BrN6O3S/c1-12-10-13(20)2-5-16(12)26-11-15-17(23-26)21-19(22-18(15)27)24-6-8-25(9-7-24)30(28,29)14-3-4-14/h2,5,10-11,14H,3-4,6-9H2,1H3,(H,21,22,23,27). The van der Waals surface area contributed by atoms with Crippen molar-refractivity contribution in [2.75, 3.05) is 31.1 Å². The topological polar surface area (TPSA) is 104 Å². The lowest BCUT2D eigenvalue weighted by Gasteiger charge is -2.34. The molecule has 11 heteroatoms. The number of aromatic amines is 1. The Morgan fingerprint density at radius 1 is 1.17 bits per heavy atom. The van der Waals surface area contributed by atoms with Crippen LogP contribution in [0.4, 0.5) is 5.95 Å². The highest BCUT2D eigenvalue weighted by Crippen LogP contribution is 2.31. The van der Waals surface area contributed by atoms with Crippen LogP contribution in [0.2, 0.25) is 0 Å². The van der Waals surface area contributed by atoms with Crippen LogP contribution >= 0.6 is 15.9 Å². The maximum absolute atomic E-state index is 12.7. The molecule has 0 spiro atoms. The number of hydrogen-bond acceptors (Lipinski definition) is 6. The number of H-pyrrole nitrogens is 1. The third-order valence-corrected chi connectivity index (χ3v) is 8.52. The van der Waals surface area contributed by atoms with Crippen molar-refractivity contribution in [1.29, 1.82) is 0 Å². The molecule has 2 aliphatic rings. The van der Waals surface area contributed by atoms with Gasteiger partial charge in [-0.05, 0) is 43.5 Å². The second-order valence-electron chi connectivity index (χ2n) is 7.76. The van der Waals surface area contributed by atoms with Gasteiger partial charge in [-0.3, -0.25) is 9.78 Å². The average molecular weight is 493 g/mol. The molecule has 30 heavy (non-hydrogen) atoms. The second-order valence-corrected chi connectivity index (χ2v) is 10.9. The smallest absolute Gasteiger partial charge is 0.263 e. The third-order valence-electron chi connectivity index (χ3n) is 5.63. The number of aromatic nitrogens is 4. The number of anilines is 1. The van der Waals surface area contributed by atoms with E-state index in [0.29, 0.717) is 43.2 Å². The molecule has 1 aliphatic heterocycles. The third kappa shape index (κ3) is 3.44. The molecular formula is C19H21BrN6O3S. The molecule has 1 saturated heterocycles. The number of rotatable bonds is 4. The van der Waals surface area contributed by atoms with Crippen LogP contribution in [0.5, 0.6) is 0 Å². The number of aryl methyl sites for hydroxylation is 1. The molecule has 2 fully saturated rings. The van der Waals surface area contributed by atoms with Crippen LogP contribution in [0.15, 0.2) is 33.7 Å². The number of fused-ring (bicyclic) bond motifs is 1. The van der Waals surface area contributed by atoms with Crippen molar-refractivity contribution in [1.82, 2.24) is 24.1 Å². The predicted molar refractivity (Wildman–Crippen MR) is 118 cm³/mol. The van der Waals surface area contributed by atoms with Crippen LogP contribution in [0.25, 0.3) is 16.7 Å². The average Bonchev–Trinajstić information content (AvgIpc) is 3.49. The van der Waals surface area contributed by atoms with Gasteiger partial charge in [-0.25, -0.2) is 13.1 Å². The largest absolute Gasteiger partial charge is 0.340 e. The van der Waals surface area contributed by atoms with Crippen molar-refractivity contribution in [2.24, 2.45) is 0 Å². The molecule has 2 aromatic heterocycles. The molecule has 0 atom stereocenters. The molecule has 1 saturated carbocycles. The van der Waals surface area contributed by atoms with Gasteiger partial charge in [0.2, 0.25) is 16.0 Å². The fraction of sp³-hybridized carbons (Fsp3) is 0.421. The summed E-state index contributed by atoms with van der Waals surface area (Å²) in [5.41, 5.74) is 1.99. The zero-order valence-corrected chi connectivity index (χ0v) is 18.8. The summed E-state index contributed by atoms with van der Waals surface area (Å²) in [7, 11) is -3.18. The summed E-state index contributed by atoms with van der Waals surface area (Å²) in [5, 5.41) is 4.72. The Balaban J connectivity index is 1.42. The highest BCUT2D eigenvalue weighted by Gasteiger charge is 2.41. The van der Waals surface area contributed by atoms with Crippen LogP contribution in [-0.4, -0.2) is 63.9 Å². The number of halogens is 1. The van der Waals surface area contributed by atoms with Gasteiger partial charge in [-0.2, -0.15) is 9.29 Å². The minimum Gasteiger partial charge on any atom is -0.340 e. The molecule has 158 valence electrons. The summed E-state index contributed by atoms with van der Waals surface area (Å²) in [4.78, 5) is 21.9. The summed E-state index contributed by atoms with van der Waals surface area (Å²) in [6.07, 6.45) is 3.20. The Kier molecular flexibility index (Phi) is 4.71. The van der Waals surface area contributed by atoms with Crippen molar-refractivity contribution in [3.8, 4) is 5.69 Å². The molecule has 0 unspecified atom stereocenters. The van der Waals surface area contributed by atoms with E-state index in [1.54, 1.807) is 15.2 Å². The molecule has 0 bridgehead atoms. The van der Waals surface area contributed by atoms with Gasteiger partial charge in [0.1, 0.15) is 5.39 Å². The number of hydrogen-bond donors (Lipinski definition) is 1. The zero-order chi connectivity index (χ0) is 21.0. The number of sulfonamides is 1. The maximum Gasteiger partial charge on any atom is 0.263 e. The Labute approximate surface area is 181 Å². The highest BCUT2D eigenvalue weighted by atomic mass is 79.9. The monoisotopic (exact) mass is 492 g/mol. The normalized spacial score (nSPS) is 18.3. The zero-order valence-electron chi connectivity index (χ0n) is 16.4. The summed E-state index contributed by atoms with van der Waals surface area (Å²) in [5.74, 6) is 0.425. The summed E-state index contributed by atoms with van der Waals surface area (Å²) in [6, 6.07) is 5.84. The SMILES string of the molecule is Cc1cc(Br)ccc1-n1cc2c(=O)[nH]c(N3CCN(S(=O)(=O)C4CC4)CC3)nc2n1. The van der Waals surface area contributed by atoms with Gasteiger partial charge in [-0.15, -0.1) is 5.10 Å². The number of nitrogens with one attached hydrogen (secondary N) is 1. The van der Waals surface area contributed by atoms with E-state index in [2.05, 4.69) is 31.0 Å². The highest BCUT2D eigenvalue weighted by molar-refractivity contribution is 9.10. The van der Waals surface area contributed by atoms with E-state index in [1.807, 2.05) is 30.0 Å². The van der Waals surface area contributed by atoms with E-state index < -0.39 is 10.0 Å². The minimum absolute atomic E-state index is 0.204. The lowest BCUT2D eigenvalue weighted by Crippen LogP contribution is -2.50. The number of nitrogens with zero attached hydrogens (tertiary/aromatic N) is 5. The predicted octanol–water partition coefficient (Wildman–Crippen LogP) is 1.79. The fourth-order valence-electron chi connectivity index (χ4n) is 3.78. The van der Waals surface area contributed by atoms with Gasteiger partial charge < -0.3 is 4.90 Å². The van der Waals surface area contributed by atoms with Gasteiger partial charge in [0, 0.05) is 36.8 Å². The van der Waals surface area contributed by atoms with E-state index in [9.17, 15) is 13.2 Å². The summed E-state index contributed by atoms with van der Waals surface area (Å²) in [6.45, 7) is 3.73. The molecule has 1 aliphatic carbocycles. The van der Waals surface area contributed by atoms with Crippen LogP contribution in [0.3, 0.4) is 0 Å². The molecule has 3 heterocycles. The van der Waals surface area contributed by atoms with Crippen molar-refractivity contribution >= 4 is 42.9 Å². The van der Waals surface area contributed by atoms with Gasteiger partial charge >= 0.3 is 0 Å². The summed E-state index contributed by atoms with van der Waals surface area (Å²) >= 11 is 3.45. The van der Waals surface area contributed by atoms with Gasteiger partial charge in [0.05, 0.1) is 10.9 Å². The molecular weight excluding hydrogens is 472 g/mol. The van der Waals surface area contributed by atoms with Crippen LogP contribution in [0.1, 0.15) is 18.4 Å². The van der Waals surface area contributed by atoms with Crippen molar-refractivity contribution < 1.29 is 8.42 Å². The van der Waals surface area contributed by atoms with Gasteiger partial charge in [0.25, 0.3) is 5.56 Å². The van der Waals surface area contributed by atoms with Crippen LogP contribution < -0.4 is 10.5 Å². The fourth-order valence-corrected chi connectivity index (χ4v) is 6.09. The van der Waals surface area contributed by atoms with Gasteiger partial charge in [-0.1, -0.05) is 15.9 Å². The van der Waals surface area contributed by atoms with E-state index in [0.717, 1.165) is 28.6 Å². The Morgan fingerprint density at radius 3 is 2.57 bits per heavy atom. The Bertz CT molecular complexity index is 1290. The van der Waals surface area contributed by atoms with E-state index >= 15 is 0 Å². The lowest BCUT2D eigenvalue weighted by atomic mass is 10.2. The minimum atomic E-state index is -3.18. The first-order valence-electron chi connectivity index (χ1n) is 9.83. The van der Waals surface area contributed by atoms with Crippen LogP contribution in [0, 0.1) is 6.92 Å². The van der Waals surface area contributed by atoms with E-state index in [1.165, 1.54) is 0 Å². The van der Waals surface area contributed by atoms with E-state index in [4.69, 9.17) is 0 Å². The summed E-state index contributed by atoms with van der Waals surface area (Å²) < 4.78 is 29.0. The molecule has 3 aromatic rings. The maximum atomic E-state index is 12.7. The number of piperazine rings is 1. The van der Waals surface area contributed by atoms with Crippen molar-refractivity contribution in [3.63, 3.8) is 0 Å². The molecule has 1 N–H and O–H groups in total. The molecule has 9 nitrogen and oxygen atoms in total. The molecule has 0 amide bonds. The molecule has 5 rings (SSSR count). The van der Waals surface area contributed by atoms with Crippen LogP contribution in [-0.2, 0) is 10.0 Å². The quantitative estimate of drug-likeness (QED) is 0.595. The van der Waals surface area contributed by atoms with Crippen molar-refractivity contribution in [3.05, 3.63) is 44.8 Å². The Morgan fingerprint density at radius 2 is 1.90 bits per heavy atom.